The average Bonchev–Trinajstić information content (AvgIpc) is 2.32. The molecule has 2 unspecified atom stereocenters. The fourth-order valence-electron chi connectivity index (χ4n) is 1.07. The van der Waals surface area contributed by atoms with Crippen molar-refractivity contribution in [2.24, 2.45) is 0 Å². The first-order chi connectivity index (χ1) is 5.37. The van der Waals surface area contributed by atoms with Gasteiger partial charge in [-0.25, -0.2) is 0 Å². The molecule has 0 bridgehead atoms. The summed E-state index contributed by atoms with van der Waals surface area (Å²) in [6, 6.07) is 0. The van der Waals surface area contributed by atoms with E-state index < -0.39 is 18.0 Å². The Labute approximate surface area is 69.1 Å². The summed E-state index contributed by atoms with van der Waals surface area (Å²) in [5.41, 5.74) is -0.666. The van der Waals surface area contributed by atoms with Crippen molar-refractivity contribution in [2.75, 3.05) is 6.54 Å². The van der Waals surface area contributed by atoms with E-state index in [4.69, 9.17) is 4.74 Å². The molecule has 1 heterocycles. The van der Waals surface area contributed by atoms with Crippen LogP contribution >= 0.6 is 0 Å². The summed E-state index contributed by atoms with van der Waals surface area (Å²) in [6.45, 7) is 3.74. The Morgan fingerprint density at radius 3 is 2.42 bits per heavy atom. The molecule has 5 heteroatoms. The SMILES string of the molecule is CCC1(C)CNC(C(F)(F)F)O1. The van der Waals surface area contributed by atoms with E-state index >= 15 is 0 Å². The number of nitrogens with one attached hydrogen (secondary N) is 1. The van der Waals surface area contributed by atoms with E-state index in [1.54, 1.807) is 13.8 Å². The molecule has 1 rings (SSSR count). The van der Waals surface area contributed by atoms with Crippen molar-refractivity contribution in [3.63, 3.8) is 0 Å². The molecule has 0 aromatic rings. The highest BCUT2D eigenvalue weighted by molar-refractivity contribution is 4.87. The Kier molecular flexibility index (Phi) is 2.35. The molecule has 0 amide bonds. The lowest BCUT2D eigenvalue weighted by Gasteiger charge is -2.22. The van der Waals surface area contributed by atoms with Gasteiger partial charge in [-0.1, -0.05) is 6.92 Å². The van der Waals surface area contributed by atoms with Crippen LogP contribution < -0.4 is 5.32 Å². The standard InChI is InChI=1S/C7H12F3NO/c1-3-6(2)4-11-5(12-6)7(8,9)10/h5,11H,3-4H2,1-2H3. The number of rotatable bonds is 1. The van der Waals surface area contributed by atoms with Crippen LogP contribution in [0, 0.1) is 0 Å². The van der Waals surface area contributed by atoms with Crippen molar-refractivity contribution in [1.82, 2.24) is 5.32 Å². The van der Waals surface area contributed by atoms with Gasteiger partial charge in [-0.3, -0.25) is 5.32 Å². The van der Waals surface area contributed by atoms with Crippen LogP contribution in [0.5, 0.6) is 0 Å². The van der Waals surface area contributed by atoms with Crippen molar-refractivity contribution in [2.45, 2.75) is 38.3 Å². The largest absolute Gasteiger partial charge is 0.428 e. The van der Waals surface area contributed by atoms with Gasteiger partial charge < -0.3 is 4.74 Å². The van der Waals surface area contributed by atoms with Gasteiger partial charge in [0, 0.05) is 6.54 Å². The zero-order valence-electron chi connectivity index (χ0n) is 7.03. The zero-order valence-corrected chi connectivity index (χ0v) is 7.03. The number of alkyl halides is 3. The van der Waals surface area contributed by atoms with Crippen LogP contribution in [0.2, 0.25) is 0 Å². The highest BCUT2D eigenvalue weighted by Crippen LogP contribution is 2.30. The predicted molar refractivity (Wildman–Crippen MR) is 37.6 cm³/mol. The van der Waals surface area contributed by atoms with Crippen LogP contribution in [-0.2, 0) is 4.74 Å². The van der Waals surface area contributed by atoms with Gasteiger partial charge in [-0.2, -0.15) is 13.2 Å². The van der Waals surface area contributed by atoms with E-state index in [1.807, 2.05) is 0 Å². The number of hydrogen-bond donors (Lipinski definition) is 1. The second kappa shape index (κ2) is 2.88. The van der Waals surface area contributed by atoms with Gasteiger partial charge >= 0.3 is 6.18 Å². The summed E-state index contributed by atoms with van der Waals surface area (Å²) >= 11 is 0. The molecule has 0 aliphatic carbocycles. The molecule has 1 saturated heterocycles. The van der Waals surface area contributed by atoms with Crippen LogP contribution in [0.1, 0.15) is 20.3 Å². The fraction of sp³-hybridized carbons (Fsp3) is 1.00. The third-order valence-electron chi connectivity index (χ3n) is 2.11. The van der Waals surface area contributed by atoms with E-state index in [2.05, 4.69) is 5.32 Å². The third-order valence-corrected chi connectivity index (χ3v) is 2.11. The Hall–Kier alpha value is -0.290. The number of halogens is 3. The molecule has 72 valence electrons. The van der Waals surface area contributed by atoms with E-state index in [9.17, 15) is 13.2 Å². The molecule has 0 saturated carbocycles. The second-order valence-corrected chi connectivity index (χ2v) is 3.22. The van der Waals surface area contributed by atoms with Crippen LogP contribution in [0.3, 0.4) is 0 Å². The average molecular weight is 183 g/mol. The van der Waals surface area contributed by atoms with Crippen molar-refractivity contribution in [3.8, 4) is 0 Å². The topological polar surface area (TPSA) is 21.3 Å². The van der Waals surface area contributed by atoms with Gasteiger partial charge in [0.2, 0.25) is 6.23 Å². The fourth-order valence-corrected chi connectivity index (χ4v) is 1.07. The molecule has 0 aromatic heterocycles. The molecule has 0 aromatic carbocycles. The maximum absolute atomic E-state index is 12.1. The smallest absolute Gasteiger partial charge is 0.346 e. The van der Waals surface area contributed by atoms with Crippen molar-refractivity contribution < 1.29 is 17.9 Å². The maximum Gasteiger partial charge on any atom is 0.428 e. The molecular weight excluding hydrogens is 171 g/mol. The Balaban J connectivity index is 2.57. The summed E-state index contributed by atoms with van der Waals surface area (Å²) in [6.07, 6.45) is -5.51. The highest BCUT2D eigenvalue weighted by Gasteiger charge is 2.48. The van der Waals surface area contributed by atoms with Gasteiger partial charge in [0.15, 0.2) is 0 Å². The molecule has 12 heavy (non-hydrogen) atoms. The first-order valence-electron chi connectivity index (χ1n) is 3.85. The second-order valence-electron chi connectivity index (χ2n) is 3.22. The summed E-state index contributed by atoms with van der Waals surface area (Å²) in [7, 11) is 0. The van der Waals surface area contributed by atoms with E-state index in [1.165, 1.54) is 0 Å². The normalized spacial score (nSPS) is 37.2. The van der Waals surface area contributed by atoms with Crippen LogP contribution in [0.15, 0.2) is 0 Å². The lowest BCUT2D eigenvalue weighted by molar-refractivity contribution is -0.232. The van der Waals surface area contributed by atoms with Crippen molar-refractivity contribution in [1.29, 1.82) is 0 Å². The first-order valence-corrected chi connectivity index (χ1v) is 3.85. The first kappa shape index (κ1) is 9.80. The van der Waals surface area contributed by atoms with Gasteiger partial charge in [0.05, 0.1) is 5.60 Å². The van der Waals surface area contributed by atoms with Gasteiger partial charge in [-0.15, -0.1) is 0 Å². The minimum Gasteiger partial charge on any atom is -0.346 e. The molecule has 0 spiro atoms. The molecule has 0 radical (unpaired) electrons. The summed E-state index contributed by atoms with van der Waals surface area (Å²) < 4.78 is 41.0. The summed E-state index contributed by atoms with van der Waals surface area (Å²) in [5, 5.41) is 2.29. The lowest BCUT2D eigenvalue weighted by Crippen LogP contribution is -2.38. The van der Waals surface area contributed by atoms with Crippen molar-refractivity contribution in [3.05, 3.63) is 0 Å². The predicted octanol–water partition coefficient (Wildman–Crippen LogP) is 1.66. The summed E-state index contributed by atoms with van der Waals surface area (Å²) in [5.74, 6) is 0. The van der Waals surface area contributed by atoms with Crippen LogP contribution in [0.4, 0.5) is 13.2 Å². The van der Waals surface area contributed by atoms with Gasteiger partial charge in [-0.05, 0) is 13.3 Å². The Morgan fingerprint density at radius 2 is 2.17 bits per heavy atom. The van der Waals surface area contributed by atoms with Gasteiger partial charge in [0.25, 0.3) is 0 Å². The minimum atomic E-state index is -4.30. The monoisotopic (exact) mass is 183 g/mol. The Morgan fingerprint density at radius 1 is 1.58 bits per heavy atom. The van der Waals surface area contributed by atoms with E-state index in [0.717, 1.165) is 0 Å². The lowest BCUT2D eigenvalue weighted by atomic mass is 10.1. The molecule has 1 fully saturated rings. The molecular formula is C7H12F3NO. The minimum absolute atomic E-state index is 0.258. The highest BCUT2D eigenvalue weighted by atomic mass is 19.4. The van der Waals surface area contributed by atoms with Crippen LogP contribution in [-0.4, -0.2) is 24.6 Å². The molecule has 1 aliphatic heterocycles. The summed E-state index contributed by atoms with van der Waals surface area (Å²) in [4.78, 5) is 0. The molecule has 2 atom stereocenters. The molecule has 1 aliphatic rings. The number of ether oxygens (including phenoxy) is 1. The Bertz CT molecular complexity index is 171. The quantitative estimate of drug-likeness (QED) is 0.667. The van der Waals surface area contributed by atoms with Crippen LogP contribution in [0.25, 0.3) is 0 Å². The molecule has 1 N–H and O–H groups in total. The molecule has 2 nitrogen and oxygen atoms in total. The van der Waals surface area contributed by atoms with Crippen molar-refractivity contribution >= 4 is 0 Å². The van der Waals surface area contributed by atoms with E-state index in [-0.39, 0.29) is 6.54 Å². The zero-order chi connectivity index (χ0) is 9.41. The third kappa shape index (κ3) is 1.90. The van der Waals surface area contributed by atoms with E-state index in [0.29, 0.717) is 6.42 Å². The number of hydrogen-bond acceptors (Lipinski definition) is 2. The van der Waals surface area contributed by atoms with Gasteiger partial charge in [0.1, 0.15) is 0 Å². The maximum atomic E-state index is 12.1.